The SMILES string of the molecule is CC(C)(C)OC(=O)N1CC[C@@H](N)c2ccc(F)cc2C1. The van der Waals surface area contributed by atoms with Crippen LogP contribution < -0.4 is 5.73 Å². The highest BCUT2D eigenvalue weighted by atomic mass is 19.1. The van der Waals surface area contributed by atoms with Crippen LogP contribution in [0.1, 0.15) is 44.4 Å². The number of benzene rings is 1. The molecule has 0 bridgehead atoms. The first-order valence-corrected chi connectivity index (χ1v) is 6.78. The molecule has 1 aromatic carbocycles. The smallest absolute Gasteiger partial charge is 0.410 e. The van der Waals surface area contributed by atoms with Crippen molar-refractivity contribution in [3.05, 3.63) is 35.1 Å². The highest BCUT2D eigenvalue weighted by Gasteiger charge is 2.27. The maximum absolute atomic E-state index is 13.4. The van der Waals surface area contributed by atoms with Gasteiger partial charge in [-0.3, -0.25) is 0 Å². The van der Waals surface area contributed by atoms with Gasteiger partial charge in [0, 0.05) is 19.1 Å². The Hall–Kier alpha value is -1.62. The number of hydrogen-bond donors (Lipinski definition) is 1. The molecule has 1 atom stereocenters. The number of fused-ring (bicyclic) bond motifs is 1. The van der Waals surface area contributed by atoms with Gasteiger partial charge in [0.05, 0.1) is 0 Å². The van der Waals surface area contributed by atoms with Crippen molar-refractivity contribution in [2.45, 2.75) is 45.4 Å². The van der Waals surface area contributed by atoms with Crippen LogP contribution in [-0.2, 0) is 11.3 Å². The van der Waals surface area contributed by atoms with E-state index in [9.17, 15) is 9.18 Å². The van der Waals surface area contributed by atoms with Crippen LogP contribution in [0.5, 0.6) is 0 Å². The maximum Gasteiger partial charge on any atom is 0.410 e. The Morgan fingerprint density at radius 2 is 2.15 bits per heavy atom. The van der Waals surface area contributed by atoms with Crippen LogP contribution in [0.15, 0.2) is 18.2 Å². The molecule has 0 aliphatic carbocycles. The molecule has 1 aromatic rings. The lowest BCUT2D eigenvalue weighted by molar-refractivity contribution is 0.0235. The van der Waals surface area contributed by atoms with Crippen molar-refractivity contribution < 1.29 is 13.9 Å². The van der Waals surface area contributed by atoms with Gasteiger partial charge in [-0.05, 0) is 50.5 Å². The lowest BCUT2D eigenvalue weighted by atomic mass is 10.0. The fourth-order valence-corrected chi connectivity index (χ4v) is 2.29. The standard InChI is InChI=1S/C15H21FN2O2/c1-15(2,3)20-14(19)18-7-6-13(17)12-5-4-11(16)8-10(12)9-18/h4-5,8,13H,6-7,9,17H2,1-3H3/t13-/m1/s1. The van der Waals surface area contributed by atoms with E-state index in [-0.39, 0.29) is 18.0 Å². The van der Waals surface area contributed by atoms with Crippen LogP contribution in [0.2, 0.25) is 0 Å². The molecular weight excluding hydrogens is 259 g/mol. The quantitative estimate of drug-likeness (QED) is 0.795. The topological polar surface area (TPSA) is 55.6 Å². The Morgan fingerprint density at radius 3 is 2.80 bits per heavy atom. The third-order valence-electron chi connectivity index (χ3n) is 3.23. The van der Waals surface area contributed by atoms with E-state index in [1.165, 1.54) is 12.1 Å². The van der Waals surface area contributed by atoms with Crippen LogP contribution in [0, 0.1) is 5.82 Å². The number of halogens is 1. The Labute approximate surface area is 118 Å². The summed E-state index contributed by atoms with van der Waals surface area (Å²) in [4.78, 5) is 13.7. The van der Waals surface area contributed by atoms with E-state index < -0.39 is 5.60 Å². The third-order valence-corrected chi connectivity index (χ3v) is 3.23. The third kappa shape index (κ3) is 3.48. The molecule has 1 heterocycles. The predicted octanol–water partition coefficient (Wildman–Crippen LogP) is 2.97. The van der Waals surface area contributed by atoms with Crippen LogP contribution in [-0.4, -0.2) is 23.1 Å². The van der Waals surface area contributed by atoms with E-state index >= 15 is 0 Å². The number of nitrogens with zero attached hydrogens (tertiary/aromatic N) is 1. The molecule has 0 saturated heterocycles. The Kier molecular flexibility index (Phi) is 3.99. The summed E-state index contributed by atoms with van der Waals surface area (Å²) in [7, 11) is 0. The number of hydrogen-bond acceptors (Lipinski definition) is 3. The van der Waals surface area contributed by atoms with Crippen molar-refractivity contribution in [2.75, 3.05) is 6.54 Å². The Balaban J connectivity index is 2.22. The molecule has 1 aliphatic rings. The molecule has 1 amide bonds. The van der Waals surface area contributed by atoms with Crippen molar-refractivity contribution in [1.29, 1.82) is 0 Å². The van der Waals surface area contributed by atoms with Crippen molar-refractivity contribution >= 4 is 6.09 Å². The van der Waals surface area contributed by atoms with E-state index in [0.717, 1.165) is 11.1 Å². The summed E-state index contributed by atoms with van der Waals surface area (Å²) in [6.45, 7) is 6.30. The zero-order chi connectivity index (χ0) is 14.9. The first-order chi connectivity index (χ1) is 9.26. The Bertz CT molecular complexity index is 511. The number of carbonyl (C=O) groups is 1. The lowest BCUT2D eigenvalue weighted by Gasteiger charge is -2.26. The number of rotatable bonds is 0. The molecule has 0 saturated carbocycles. The lowest BCUT2D eigenvalue weighted by Crippen LogP contribution is -2.36. The first kappa shape index (κ1) is 14.8. The van der Waals surface area contributed by atoms with Gasteiger partial charge in [-0.25, -0.2) is 9.18 Å². The maximum atomic E-state index is 13.4. The summed E-state index contributed by atoms with van der Waals surface area (Å²) >= 11 is 0. The predicted molar refractivity (Wildman–Crippen MR) is 74.6 cm³/mol. The second-order valence-electron chi connectivity index (χ2n) is 6.14. The summed E-state index contributed by atoms with van der Waals surface area (Å²) in [5.41, 5.74) is 7.19. The van der Waals surface area contributed by atoms with E-state index in [1.54, 1.807) is 11.0 Å². The molecule has 2 rings (SSSR count). The van der Waals surface area contributed by atoms with Crippen LogP contribution in [0.4, 0.5) is 9.18 Å². The van der Waals surface area contributed by atoms with Gasteiger partial charge in [0.2, 0.25) is 0 Å². The molecule has 0 aromatic heterocycles. The molecule has 5 heteroatoms. The monoisotopic (exact) mass is 280 g/mol. The molecule has 0 fully saturated rings. The first-order valence-electron chi connectivity index (χ1n) is 6.78. The number of carbonyl (C=O) groups excluding carboxylic acids is 1. The van der Waals surface area contributed by atoms with Crippen molar-refractivity contribution in [2.24, 2.45) is 5.73 Å². The second kappa shape index (κ2) is 5.40. The van der Waals surface area contributed by atoms with Crippen molar-refractivity contribution in [3.8, 4) is 0 Å². The van der Waals surface area contributed by atoms with Crippen LogP contribution in [0.3, 0.4) is 0 Å². The van der Waals surface area contributed by atoms with Gasteiger partial charge in [0.25, 0.3) is 0 Å². The minimum Gasteiger partial charge on any atom is -0.444 e. The van der Waals surface area contributed by atoms with Crippen molar-refractivity contribution in [3.63, 3.8) is 0 Å². The van der Waals surface area contributed by atoms with E-state index in [2.05, 4.69) is 0 Å². The second-order valence-corrected chi connectivity index (χ2v) is 6.14. The van der Waals surface area contributed by atoms with Gasteiger partial charge in [-0.15, -0.1) is 0 Å². The molecule has 4 nitrogen and oxygen atoms in total. The summed E-state index contributed by atoms with van der Waals surface area (Å²) in [6, 6.07) is 4.37. The molecule has 2 N–H and O–H groups in total. The van der Waals surface area contributed by atoms with Gasteiger partial charge in [0.1, 0.15) is 11.4 Å². The van der Waals surface area contributed by atoms with Gasteiger partial charge >= 0.3 is 6.09 Å². The molecular formula is C15H21FN2O2. The van der Waals surface area contributed by atoms with Crippen molar-refractivity contribution in [1.82, 2.24) is 4.90 Å². The van der Waals surface area contributed by atoms with Gasteiger partial charge in [-0.2, -0.15) is 0 Å². The summed E-state index contributed by atoms with van der Waals surface area (Å²) in [5, 5.41) is 0. The number of ether oxygens (including phenoxy) is 1. The van der Waals surface area contributed by atoms with Gasteiger partial charge < -0.3 is 15.4 Å². The fourth-order valence-electron chi connectivity index (χ4n) is 2.29. The number of nitrogens with two attached hydrogens (primary N) is 1. The van der Waals surface area contributed by atoms with Gasteiger partial charge in [0.15, 0.2) is 0 Å². The minimum atomic E-state index is -0.545. The summed E-state index contributed by atoms with van der Waals surface area (Å²) < 4.78 is 18.7. The molecule has 0 spiro atoms. The van der Waals surface area contributed by atoms with Gasteiger partial charge in [-0.1, -0.05) is 6.07 Å². The van der Waals surface area contributed by atoms with E-state index in [1.807, 2.05) is 20.8 Å². The molecule has 0 radical (unpaired) electrons. The molecule has 20 heavy (non-hydrogen) atoms. The highest BCUT2D eigenvalue weighted by molar-refractivity contribution is 5.68. The van der Waals surface area contributed by atoms with Crippen LogP contribution in [0.25, 0.3) is 0 Å². The van der Waals surface area contributed by atoms with Crippen LogP contribution >= 0.6 is 0 Å². The zero-order valence-corrected chi connectivity index (χ0v) is 12.1. The Morgan fingerprint density at radius 1 is 1.45 bits per heavy atom. The number of amides is 1. The molecule has 0 unspecified atom stereocenters. The summed E-state index contributed by atoms with van der Waals surface area (Å²) in [5.74, 6) is -0.318. The summed E-state index contributed by atoms with van der Waals surface area (Å²) in [6.07, 6.45) is 0.250. The van der Waals surface area contributed by atoms with E-state index in [0.29, 0.717) is 19.5 Å². The normalized spacial score (nSPS) is 19.2. The fraction of sp³-hybridized carbons (Fsp3) is 0.533. The average molecular weight is 280 g/mol. The minimum absolute atomic E-state index is 0.182. The molecule has 110 valence electrons. The highest BCUT2D eigenvalue weighted by Crippen LogP contribution is 2.26. The molecule has 1 aliphatic heterocycles. The van der Waals surface area contributed by atoms with E-state index in [4.69, 9.17) is 10.5 Å². The zero-order valence-electron chi connectivity index (χ0n) is 12.1. The average Bonchev–Trinajstić information content (AvgIpc) is 2.46. The largest absolute Gasteiger partial charge is 0.444 e.